The standard InChI is InChI=1S/C12H17NO2.C11H15NO2/c14-11-8-9-12(15)13(11)10-6-4-2-1-3-5-7-10;13-10-7-8-11(14)12(10)9-5-3-1-2-4-6-9/h8-10H,1-7H2;7-9H,1-6H2. The van der Waals surface area contributed by atoms with E-state index in [-0.39, 0.29) is 35.7 Å². The molecule has 4 rings (SSSR count). The summed E-state index contributed by atoms with van der Waals surface area (Å²) in [5.74, 6) is -0.486. The molecule has 4 aliphatic rings. The molecule has 0 spiro atoms. The normalized spacial score (nSPS) is 24.4. The van der Waals surface area contributed by atoms with Crippen LogP contribution in [0.25, 0.3) is 0 Å². The minimum absolute atomic E-state index is 0.120. The second-order valence-corrected chi connectivity index (χ2v) is 8.40. The highest BCUT2D eigenvalue weighted by Gasteiger charge is 2.31. The lowest BCUT2D eigenvalue weighted by molar-refractivity contribution is -0.141. The van der Waals surface area contributed by atoms with Crippen LogP contribution in [0.4, 0.5) is 0 Å². The lowest BCUT2D eigenvalue weighted by Gasteiger charge is -2.27. The van der Waals surface area contributed by atoms with Crippen LogP contribution in [0.5, 0.6) is 0 Å². The summed E-state index contributed by atoms with van der Waals surface area (Å²) in [6.07, 6.45) is 20.3. The number of imide groups is 2. The summed E-state index contributed by atoms with van der Waals surface area (Å²) >= 11 is 0. The molecule has 0 aromatic carbocycles. The Balaban J connectivity index is 0.000000166. The molecule has 0 atom stereocenters. The first-order valence-corrected chi connectivity index (χ1v) is 11.2. The Morgan fingerprint density at radius 2 is 0.690 bits per heavy atom. The molecular weight excluding hydrogens is 368 g/mol. The van der Waals surface area contributed by atoms with Crippen LogP contribution in [0.1, 0.15) is 83.5 Å². The van der Waals surface area contributed by atoms with Crippen molar-refractivity contribution in [3.63, 3.8) is 0 Å². The molecule has 0 bridgehead atoms. The molecule has 0 unspecified atom stereocenters. The fourth-order valence-corrected chi connectivity index (χ4v) is 4.75. The number of hydrogen-bond donors (Lipinski definition) is 0. The largest absolute Gasteiger partial charge is 0.272 e. The zero-order valence-electron chi connectivity index (χ0n) is 17.2. The molecule has 0 N–H and O–H groups in total. The summed E-state index contributed by atoms with van der Waals surface area (Å²) in [6.45, 7) is 0. The Kier molecular flexibility index (Phi) is 7.78. The van der Waals surface area contributed by atoms with E-state index in [2.05, 4.69) is 0 Å². The van der Waals surface area contributed by atoms with Crippen molar-refractivity contribution in [2.75, 3.05) is 0 Å². The van der Waals surface area contributed by atoms with E-state index in [1.807, 2.05) is 0 Å². The van der Waals surface area contributed by atoms with E-state index in [4.69, 9.17) is 0 Å². The first kappa shape index (κ1) is 21.5. The van der Waals surface area contributed by atoms with Gasteiger partial charge in [0.15, 0.2) is 0 Å². The quantitative estimate of drug-likeness (QED) is 0.524. The summed E-state index contributed by atoms with van der Waals surface area (Å²) in [4.78, 5) is 48.7. The monoisotopic (exact) mass is 400 g/mol. The van der Waals surface area contributed by atoms with Crippen LogP contribution in [0.2, 0.25) is 0 Å². The molecule has 2 saturated carbocycles. The zero-order chi connectivity index (χ0) is 20.6. The third-order valence-corrected chi connectivity index (χ3v) is 6.32. The minimum atomic E-state index is -0.123. The van der Waals surface area contributed by atoms with Crippen molar-refractivity contribution in [2.24, 2.45) is 0 Å². The van der Waals surface area contributed by atoms with Gasteiger partial charge in [-0.1, -0.05) is 57.8 Å². The van der Waals surface area contributed by atoms with Crippen LogP contribution in [0.3, 0.4) is 0 Å². The van der Waals surface area contributed by atoms with Gasteiger partial charge in [-0.05, 0) is 25.7 Å². The van der Waals surface area contributed by atoms with Crippen molar-refractivity contribution in [1.82, 2.24) is 9.80 Å². The van der Waals surface area contributed by atoms with Gasteiger partial charge in [-0.3, -0.25) is 29.0 Å². The van der Waals surface area contributed by atoms with E-state index >= 15 is 0 Å². The molecule has 0 saturated heterocycles. The first-order valence-electron chi connectivity index (χ1n) is 11.2. The molecule has 0 aromatic heterocycles. The summed E-state index contributed by atoms with van der Waals surface area (Å²) in [5.41, 5.74) is 0. The van der Waals surface area contributed by atoms with Gasteiger partial charge in [0, 0.05) is 36.4 Å². The minimum Gasteiger partial charge on any atom is -0.272 e. The van der Waals surface area contributed by atoms with Crippen LogP contribution in [0.15, 0.2) is 24.3 Å². The molecule has 6 heteroatoms. The van der Waals surface area contributed by atoms with Gasteiger partial charge in [-0.2, -0.15) is 0 Å². The summed E-state index contributed by atoms with van der Waals surface area (Å²) < 4.78 is 0. The maximum Gasteiger partial charge on any atom is 0.253 e. The fourth-order valence-electron chi connectivity index (χ4n) is 4.75. The molecule has 6 nitrogen and oxygen atoms in total. The molecule has 158 valence electrons. The summed E-state index contributed by atoms with van der Waals surface area (Å²) in [6, 6.07) is 0.313. The number of carbonyl (C=O) groups excluding carboxylic acids is 4. The number of carbonyl (C=O) groups is 4. The molecule has 0 aromatic rings. The van der Waals surface area contributed by atoms with E-state index < -0.39 is 0 Å². The number of hydrogen-bond acceptors (Lipinski definition) is 4. The maximum absolute atomic E-state index is 11.5. The van der Waals surface area contributed by atoms with Crippen molar-refractivity contribution in [1.29, 1.82) is 0 Å². The van der Waals surface area contributed by atoms with Crippen molar-refractivity contribution in [2.45, 2.75) is 95.6 Å². The van der Waals surface area contributed by atoms with Crippen molar-refractivity contribution in [3.05, 3.63) is 24.3 Å². The van der Waals surface area contributed by atoms with Gasteiger partial charge in [0.05, 0.1) is 0 Å². The van der Waals surface area contributed by atoms with E-state index in [1.165, 1.54) is 66.2 Å². The molecule has 4 amide bonds. The fraction of sp³-hybridized carbons (Fsp3) is 0.652. The Morgan fingerprint density at radius 3 is 0.966 bits per heavy atom. The number of nitrogens with zero attached hydrogens (tertiary/aromatic N) is 2. The van der Waals surface area contributed by atoms with Gasteiger partial charge in [0.2, 0.25) is 0 Å². The molecule has 2 aliphatic carbocycles. The Hall–Kier alpha value is -2.24. The van der Waals surface area contributed by atoms with Crippen LogP contribution in [0, 0.1) is 0 Å². The summed E-state index contributed by atoms with van der Waals surface area (Å²) in [5, 5.41) is 0. The molecule has 2 aliphatic heterocycles. The predicted octanol–water partition coefficient (Wildman–Crippen LogP) is 3.66. The van der Waals surface area contributed by atoms with Gasteiger partial charge in [0.25, 0.3) is 23.6 Å². The second kappa shape index (κ2) is 10.5. The lowest BCUT2D eigenvalue weighted by Crippen LogP contribution is -2.40. The van der Waals surface area contributed by atoms with Crippen molar-refractivity contribution < 1.29 is 19.2 Å². The van der Waals surface area contributed by atoms with Gasteiger partial charge in [-0.25, -0.2) is 0 Å². The Bertz CT molecular complexity index is 645. The van der Waals surface area contributed by atoms with Crippen LogP contribution in [-0.2, 0) is 19.2 Å². The lowest BCUT2D eigenvalue weighted by atomic mass is 9.96. The number of rotatable bonds is 2. The third kappa shape index (κ3) is 5.64. The molecular formula is C23H32N2O4. The van der Waals surface area contributed by atoms with Crippen LogP contribution < -0.4 is 0 Å². The van der Waals surface area contributed by atoms with Gasteiger partial charge >= 0.3 is 0 Å². The van der Waals surface area contributed by atoms with Crippen molar-refractivity contribution in [3.8, 4) is 0 Å². The van der Waals surface area contributed by atoms with Crippen LogP contribution in [-0.4, -0.2) is 45.5 Å². The zero-order valence-corrected chi connectivity index (χ0v) is 17.2. The van der Waals surface area contributed by atoms with Crippen LogP contribution >= 0.6 is 0 Å². The van der Waals surface area contributed by atoms with Gasteiger partial charge in [-0.15, -0.1) is 0 Å². The van der Waals surface area contributed by atoms with E-state index in [1.54, 1.807) is 0 Å². The molecule has 29 heavy (non-hydrogen) atoms. The van der Waals surface area contributed by atoms with Gasteiger partial charge < -0.3 is 0 Å². The molecule has 2 heterocycles. The second-order valence-electron chi connectivity index (χ2n) is 8.40. The smallest absolute Gasteiger partial charge is 0.253 e. The van der Waals surface area contributed by atoms with Gasteiger partial charge in [0.1, 0.15) is 0 Å². The average molecular weight is 401 g/mol. The summed E-state index contributed by atoms with van der Waals surface area (Å²) in [7, 11) is 0. The Morgan fingerprint density at radius 1 is 0.448 bits per heavy atom. The molecule has 2 fully saturated rings. The van der Waals surface area contributed by atoms with E-state index in [0.717, 1.165) is 51.4 Å². The highest BCUT2D eigenvalue weighted by molar-refractivity contribution is 6.13. The van der Waals surface area contributed by atoms with E-state index in [9.17, 15) is 19.2 Å². The molecule has 0 radical (unpaired) electrons. The highest BCUT2D eigenvalue weighted by Crippen LogP contribution is 2.25. The SMILES string of the molecule is O=C1C=CC(=O)N1C1CCCCCC1.O=C1C=CC(=O)N1C1CCCCCCC1. The van der Waals surface area contributed by atoms with E-state index in [0.29, 0.717) is 0 Å². The maximum atomic E-state index is 11.5. The third-order valence-electron chi connectivity index (χ3n) is 6.32. The average Bonchev–Trinajstić information content (AvgIpc) is 3.06. The predicted molar refractivity (Wildman–Crippen MR) is 110 cm³/mol. The Labute approximate surface area is 173 Å². The first-order chi connectivity index (χ1) is 14.1. The number of amides is 4. The van der Waals surface area contributed by atoms with Crippen molar-refractivity contribution >= 4 is 23.6 Å². The highest BCUT2D eigenvalue weighted by atomic mass is 16.2. The topological polar surface area (TPSA) is 74.8 Å².